The van der Waals surface area contributed by atoms with E-state index in [2.05, 4.69) is 19.6 Å². The standard InChI is InChI=1S/C29H30F5N3O6/c1-3-5-18(27(38)39-2)11-13-40-22-7-4-6-20-25(22)37(36-26(20)28(30,31)32)19-10-12-35-24(15-19)41-16-17-8-9-21-23(14-17)43-29(33,34)42-21/h8-10,12,14-15,18,22H,3-7,11,13,16H2,1-2H3. The second-order valence-electron chi connectivity index (χ2n) is 10.3. The fourth-order valence-electron chi connectivity index (χ4n) is 5.33. The van der Waals surface area contributed by atoms with Gasteiger partial charge in [-0.25, -0.2) is 9.67 Å². The second kappa shape index (κ2) is 12.3. The number of carbonyl (C=O) groups excluding carboxylic acids is 1. The first kappa shape index (κ1) is 30.5. The number of fused-ring (bicyclic) bond motifs is 2. The van der Waals surface area contributed by atoms with Crippen molar-refractivity contribution in [2.24, 2.45) is 5.92 Å². The molecule has 9 nitrogen and oxygen atoms in total. The average molecular weight is 612 g/mol. The zero-order chi connectivity index (χ0) is 30.8. The van der Waals surface area contributed by atoms with Crippen molar-refractivity contribution in [3.8, 4) is 23.1 Å². The van der Waals surface area contributed by atoms with Gasteiger partial charge in [-0.2, -0.15) is 18.3 Å². The molecule has 0 bridgehead atoms. The fourth-order valence-corrected chi connectivity index (χ4v) is 5.33. The molecule has 3 heterocycles. The van der Waals surface area contributed by atoms with Crippen LogP contribution >= 0.6 is 0 Å². The summed E-state index contributed by atoms with van der Waals surface area (Å²) < 4.78 is 95.6. The quantitative estimate of drug-likeness (QED) is 0.178. The number of aromatic nitrogens is 3. The van der Waals surface area contributed by atoms with Gasteiger partial charge in [-0.15, -0.1) is 8.78 Å². The van der Waals surface area contributed by atoms with E-state index in [4.69, 9.17) is 14.2 Å². The normalized spacial score (nSPS) is 17.8. The van der Waals surface area contributed by atoms with Crippen LogP contribution in [0.1, 0.15) is 67.6 Å². The van der Waals surface area contributed by atoms with Crippen LogP contribution in [0.2, 0.25) is 0 Å². The van der Waals surface area contributed by atoms with Crippen molar-refractivity contribution < 1.29 is 50.4 Å². The molecule has 0 fully saturated rings. The summed E-state index contributed by atoms with van der Waals surface area (Å²) in [5.41, 5.74) is 0.127. The average Bonchev–Trinajstić information content (AvgIpc) is 3.52. The number of hydrogen-bond acceptors (Lipinski definition) is 8. The number of esters is 1. The minimum atomic E-state index is -4.68. The highest BCUT2D eigenvalue weighted by Crippen LogP contribution is 2.43. The molecule has 5 rings (SSSR count). The van der Waals surface area contributed by atoms with Crippen LogP contribution in [0, 0.1) is 5.92 Å². The molecule has 14 heteroatoms. The number of pyridine rings is 1. The van der Waals surface area contributed by atoms with Crippen LogP contribution in [-0.2, 0) is 33.5 Å². The van der Waals surface area contributed by atoms with Crippen molar-refractivity contribution in [1.82, 2.24) is 14.8 Å². The largest absolute Gasteiger partial charge is 0.586 e. The molecule has 0 saturated heterocycles. The van der Waals surface area contributed by atoms with Gasteiger partial charge in [-0.3, -0.25) is 4.79 Å². The highest BCUT2D eigenvalue weighted by molar-refractivity contribution is 5.72. The van der Waals surface area contributed by atoms with Crippen molar-refractivity contribution in [3.05, 3.63) is 59.0 Å². The lowest BCUT2D eigenvalue weighted by Crippen LogP contribution is -2.25. The number of alkyl halides is 5. The van der Waals surface area contributed by atoms with E-state index in [9.17, 15) is 26.7 Å². The summed E-state index contributed by atoms with van der Waals surface area (Å²) in [6.07, 6.45) is -4.86. The van der Waals surface area contributed by atoms with Gasteiger partial charge in [0.05, 0.1) is 30.5 Å². The third-order valence-corrected chi connectivity index (χ3v) is 7.26. The number of hydrogen-bond donors (Lipinski definition) is 0. The van der Waals surface area contributed by atoms with Crippen LogP contribution < -0.4 is 14.2 Å². The van der Waals surface area contributed by atoms with Crippen molar-refractivity contribution in [1.29, 1.82) is 0 Å². The van der Waals surface area contributed by atoms with E-state index in [1.165, 1.54) is 48.3 Å². The van der Waals surface area contributed by atoms with Crippen molar-refractivity contribution in [2.75, 3.05) is 13.7 Å². The molecule has 0 spiro atoms. The van der Waals surface area contributed by atoms with Crippen LogP contribution in [0.25, 0.3) is 5.69 Å². The first-order valence-electron chi connectivity index (χ1n) is 13.9. The summed E-state index contributed by atoms with van der Waals surface area (Å²) in [6, 6.07) is 7.12. The van der Waals surface area contributed by atoms with Gasteiger partial charge < -0.3 is 23.7 Å². The van der Waals surface area contributed by atoms with Crippen molar-refractivity contribution in [2.45, 2.75) is 70.6 Å². The molecular weight excluding hydrogens is 581 g/mol. The molecule has 0 N–H and O–H groups in total. The van der Waals surface area contributed by atoms with Crippen LogP contribution in [-0.4, -0.2) is 40.7 Å². The number of halogens is 5. The smallest absolute Gasteiger partial charge is 0.473 e. The third-order valence-electron chi connectivity index (χ3n) is 7.26. The highest BCUT2D eigenvalue weighted by Gasteiger charge is 2.44. The Kier molecular flexibility index (Phi) is 8.76. The minimum absolute atomic E-state index is 0.0678. The first-order chi connectivity index (χ1) is 20.5. The Morgan fingerprint density at radius 3 is 2.70 bits per heavy atom. The Morgan fingerprint density at radius 2 is 1.95 bits per heavy atom. The van der Waals surface area contributed by atoms with E-state index in [1.54, 1.807) is 0 Å². The van der Waals surface area contributed by atoms with E-state index in [1.807, 2.05) is 6.92 Å². The minimum Gasteiger partial charge on any atom is -0.473 e. The Labute approximate surface area is 243 Å². The number of carbonyl (C=O) groups is 1. The van der Waals surface area contributed by atoms with E-state index in [-0.39, 0.29) is 65.8 Å². The Bertz CT molecular complexity index is 1460. The van der Waals surface area contributed by atoms with Gasteiger partial charge in [0.15, 0.2) is 17.2 Å². The molecule has 0 radical (unpaired) electrons. The van der Waals surface area contributed by atoms with Gasteiger partial charge in [0.1, 0.15) is 6.61 Å². The lowest BCUT2D eigenvalue weighted by molar-refractivity contribution is -0.286. The second-order valence-corrected chi connectivity index (χ2v) is 10.3. The lowest BCUT2D eigenvalue weighted by atomic mass is 9.92. The number of rotatable bonds is 11. The zero-order valence-electron chi connectivity index (χ0n) is 23.5. The van der Waals surface area contributed by atoms with E-state index >= 15 is 0 Å². The van der Waals surface area contributed by atoms with Crippen LogP contribution in [0.3, 0.4) is 0 Å². The Balaban J connectivity index is 1.37. The maximum absolute atomic E-state index is 14.1. The summed E-state index contributed by atoms with van der Waals surface area (Å²) in [5.74, 6) is -0.890. The van der Waals surface area contributed by atoms with Gasteiger partial charge >= 0.3 is 18.4 Å². The maximum atomic E-state index is 14.1. The van der Waals surface area contributed by atoms with Gasteiger partial charge in [-0.1, -0.05) is 19.4 Å². The molecule has 2 aromatic heterocycles. The summed E-state index contributed by atoms with van der Waals surface area (Å²) in [6.45, 7) is 2.02. The third kappa shape index (κ3) is 6.84. The molecule has 1 aliphatic carbocycles. The SMILES string of the molecule is CCCC(CCOC1CCCc2c(C(F)(F)F)nn(-c3ccnc(OCc4ccc5c(c4)OC(F)(F)O5)c3)c21)C(=O)OC. The van der Waals surface area contributed by atoms with Gasteiger partial charge in [0, 0.05) is 24.4 Å². The fraction of sp³-hybridized carbons (Fsp3) is 0.483. The molecule has 43 heavy (non-hydrogen) atoms. The number of methoxy groups -OCH3 is 1. The Hall–Kier alpha value is -3.94. The summed E-state index contributed by atoms with van der Waals surface area (Å²) >= 11 is 0. The molecule has 0 amide bonds. The Morgan fingerprint density at radius 1 is 1.16 bits per heavy atom. The highest BCUT2D eigenvalue weighted by atomic mass is 19.4. The summed E-state index contributed by atoms with van der Waals surface area (Å²) in [4.78, 5) is 16.2. The maximum Gasteiger partial charge on any atom is 0.586 e. The number of benzene rings is 1. The predicted octanol–water partition coefficient (Wildman–Crippen LogP) is 6.56. The molecule has 232 valence electrons. The van der Waals surface area contributed by atoms with Crippen LogP contribution in [0.4, 0.5) is 22.0 Å². The molecule has 1 aliphatic heterocycles. The molecular formula is C29H30F5N3O6. The van der Waals surface area contributed by atoms with Crippen molar-refractivity contribution in [3.63, 3.8) is 0 Å². The predicted molar refractivity (Wildman–Crippen MR) is 140 cm³/mol. The lowest BCUT2D eigenvalue weighted by Gasteiger charge is -2.26. The molecule has 2 unspecified atom stereocenters. The molecule has 2 atom stereocenters. The molecule has 0 saturated carbocycles. The number of ether oxygens (including phenoxy) is 5. The topological polar surface area (TPSA) is 93.9 Å². The summed E-state index contributed by atoms with van der Waals surface area (Å²) in [5, 5.41) is 3.96. The first-order valence-corrected chi connectivity index (χ1v) is 13.9. The van der Waals surface area contributed by atoms with Crippen LogP contribution in [0.15, 0.2) is 36.5 Å². The molecule has 1 aromatic carbocycles. The molecule has 2 aliphatic rings. The van der Waals surface area contributed by atoms with Gasteiger partial charge in [0.25, 0.3) is 0 Å². The van der Waals surface area contributed by atoms with E-state index < -0.39 is 24.3 Å². The van der Waals surface area contributed by atoms with E-state index in [0.717, 1.165) is 6.42 Å². The summed E-state index contributed by atoms with van der Waals surface area (Å²) in [7, 11) is 1.32. The van der Waals surface area contributed by atoms with Crippen LogP contribution in [0.5, 0.6) is 17.4 Å². The van der Waals surface area contributed by atoms with Crippen molar-refractivity contribution >= 4 is 5.97 Å². The van der Waals surface area contributed by atoms with Gasteiger partial charge in [-0.05, 0) is 55.9 Å². The zero-order valence-corrected chi connectivity index (χ0v) is 23.5. The monoisotopic (exact) mass is 611 g/mol. The van der Waals surface area contributed by atoms with E-state index in [0.29, 0.717) is 31.2 Å². The van der Waals surface area contributed by atoms with Gasteiger partial charge in [0.2, 0.25) is 5.88 Å². The molecule has 3 aromatic rings. The number of nitrogens with zero attached hydrogens (tertiary/aromatic N) is 3.